The van der Waals surface area contributed by atoms with E-state index in [2.05, 4.69) is 30.6 Å². The summed E-state index contributed by atoms with van der Waals surface area (Å²) in [4.78, 5) is 3.08. The first kappa shape index (κ1) is 15.6. The van der Waals surface area contributed by atoms with Gasteiger partial charge in [-0.25, -0.2) is 0 Å². The van der Waals surface area contributed by atoms with Crippen molar-refractivity contribution in [1.82, 2.24) is 30.0 Å². The lowest BCUT2D eigenvalue weighted by molar-refractivity contribution is 0.750. The maximum absolute atomic E-state index is 4.32. The van der Waals surface area contributed by atoms with Crippen LogP contribution in [0, 0.1) is 0 Å². The predicted molar refractivity (Wildman–Crippen MR) is 97.9 cm³/mol. The van der Waals surface area contributed by atoms with Gasteiger partial charge in [0, 0.05) is 0 Å². The fourth-order valence-corrected chi connectivity index (χ4v) is 2.22. The summed E-state index contributed by atoms with van der Waals surface area (Å²) in [6.07, 6.45) is 6.31. The van der Waals surface area contributed by atoms with Gasteiger partial charge in [-0.05, 0) is 24.3 Å². The molecule has 2 aromatic carbocycles. The van der Waals surface area contributed by atoms with Gasteiger partial charge >= 0.3 is 0 Å². The molecule has 0 aliphatic carbocycles. The third-order valence-corrected chi connectivity index (χ3v) is 3.44. The molecule has 2 heterocycles. The van der Waals surface area contributed by atoms with Gasteiger partial charge in [0.2, 0.25) is 0 Å². The molecular weight excluding hydrogens is 328 g/mol. The highest BCUT2D eigenvalue weighted by Gasteiger charge is 2.01. The summed E-state index contributed by atoms with van der Waals surface area (Å²) in [6.45, 7) is 0. The SMILES string of the molecule is C(=NN=Cc1cnn(-c2ccccc2)n1)c1cnn(-c2ccccc2)n1. The van der Waals surface area contributed by atoms with E-state index in [1.165, 1.54) is 22.0 Å². The van der Waals surface area contributed by atoms with E-state index in [4.69, 9.17) is 0 Å². The molecule has 0 saturated carbocycles. The van der Waals surface area contributed by atoms with Crippen LogP contribution in [0.2, 0.25) is 0 Å². The lowest BCUT2D eigenvalue weighted by Crippen LogP contribution is -1.98. The van der Waals surface area contributed by atoms with Crippen molar-refractivity contribution in [2.45, 2.75) is 0 Å². The van der Waals surface area contributed by atoms with Crippen LogP contribution in [0.1, 0.15) is 11.4 Å². The van der Waals surface area contributed by atoms with Crippen molar-refractivity contribution in [3.63, 3.8) is 0 Å². The topological polar surface area (TPSA) is 86.1 Å². The Hall–Kier alpha value is -3.94. The Labute approximate surface area is 149 Å². The van der Waals surface area contributed by atoms with Crippen molar-refractivity contribution < 1.29 is 0 Å². The summed E-state index contributed by atoms with van der Waals surface area (Å²) in [5, 5.41) is 25.0. The fraction of sp³-hybridized carbons (Fsp3) is 0. The van der Waals surface area contributed by atoms with Gasteiger partial charge in [-0.2, -0.15) is 30.0 Å². The minimum atomic E-state index is 0.610. The van der Waals surface area contributed by atoms with Crippen LogP contribution < -0.4 is 0 Å². The quantitative estimate of drug-likeness (QED) is 0.411. The Morgan fingerprint density at radius 1 is 0.615 bits per heavy atom. The maximum atomic E-state index is 4.32. The molecule has 26 heavy (non-hydrogen) atoms. The lowest BCUT2D eigenvalue weighted by Gasteiger charge is -1.96. The molecule has 0 atom stereocenters. The Morgan fingerprint density at radius 2 is 1.04 bits per heavy atom. The highest BCUT2D eigenvalue weighted by Crippen LogP contribution is 2.04. The molecule has 0 saturated heterocycles. The average Bonchev–Trinajstić information content (AvgIpc) is 3.37. The molecule has 4 rings (SSSR count). The largest absolute Gasteiger partial charge is 0.157 e. The summed E-state index contributed by atoms with van der Waals surface area (Å²) in [5.74, 6) is 0. The highest BCUT2D eigenvalue weighted by atomic mass is 15.5. The highest BCUT2D eigenvalue weighted by molar-refractivity contribution is 5.79. The van der Waals surface area contributed by atoms with Crippen molar-refractivity contribution in [2.75, 3.05) is 0 Å². The standard InChI is InChI=1S/C18H14N8/c1-3-7-17(8-4-1)25-21-13-15(23-25)11-19-20-12-16-14-22-26(24-16)18-9-5-2-6-10-18/h1-14H. The molecule has 0 unspecified atom stereocenters. The molecule has 0 fully saturated rings. The smallest absolute Gasteiger partial charge is 0.126 e. The van der Waals surface area contributed by atoms with Gasteiger partial charge in [-0.15, -0.1) is 10.2 Å². The first-order valence-corrected chi connectivity index (χ1v) is 7.90. The van der Waals surface area contributed by atoms with Crippen LogP contribution in [0.25, 0.3) is 11.4 Å². The Kier molecular flexibility index (Phi) is 4.38. The minimum absolute atomic E-state index is 0.610. The molecule has 0 aliphatic rings. The molecule has 126 valence electrons. The summed E-state index contributed by atoms with van der Waals surface area (Å²) < 4.78 is 0. The molecular formula is C18H14N8. The number of nitrogens with zero attached hydrogens (tertiary/aromatic N) is 8. The van der Waals surface area contributed by atoms with Crippen LogP contribution in [-0.2, 0) is 0 Å². The lowest BCUT2D eigenvalue weighted by atomic mass is 10.3. The van der Waals surface area contributed by atoms with Gasteiger partial charge in [0.05, 0.1) is 36.2 Å². The van der Waals surface area contributed by atoms with Crippen molar-refractivity contribution >= 4 is 12.4 Å². The van der Waals surface area contributed by atoms with Crippen molar-refractivity contribution in [3.8, 4) is 11.4 Å². The van der Waals surface area contributed by atoms with E-state index in [0.29, 0.717) is 11.4 Å². The first-order valence-electron chi connectivity index (χ1n) is 7.90. The van der Waals surface area contributed by atoms with Crippen LogP contribution in [0.3, 0.4) is 0 Å². The van der Waals surface area contributed by atoms with Gasteiger partial charge in [-0.1, -0.05) is 36.4 Å². The van der Waals surface area contributed by atoms with Gasteiger partial charge in [0.15, 0.2) is 0 Å². The molecule has 0 amide bonds. The number of benzene rings is 2. The van der Waals surface area contributed by atoms with Crippen LogP contribution in [0.15, 0.2) is 83.3 Å². The summed E-state index contributed by atoms with van der Waals surface area (Å²) in [7, 11) is 0. The number of para-hydroxylation sites is 2. The van der Waals surface area contributed by atoms with Crippen molar-refractivity contribution in [2.24, 2.45) is 10.2 Å². The van der Waals surface area contributed by atoms with Gasteiger partial charge in [0.25, 0.3) is 0 Å². The predicted octanol–water partition coefficient (Wildman–Crippen LogP) is 2.30. The van der Waals surface area contributed by atoms with Crippen LogP contribution in [0.4, 0.5) is 0 Å². The number of aromatic nitrogens is 6. The molecule has 0 bridgehead atoms. The van der Waals surface area contributed by atoms with E-state index in [0.717, 1.165) is 11.4 Å². The minimum Gasteiger partial charge on any atom is -0.157 e. The summed E-state index contributed by atoms with van der Waals surface area (Å²) in [6, 6.07) is 19.3. The molecule has 2 aromatic heterocycles. The molecule has 4 aromatic rings. The second-order valence-corrected chi connectivity index (χ2v) is 5.28. The zero-order valence-corrected chi connectivity index (χ0v) is 13.7. The van der Waals surface area contributed by atoms with Crippen LogP contribution in [-0.4, -0.2) is 42.4 Å². The van der Waals surface area contributed by atoms with Crippen LogP contribution in [0.5, 0.6) is 0 Å². The number of hydrogen-bond acceptors (Lipinski definition) is 6. The fourth-order valence-electron chi connectivity index (χ4n) is 2.22. The van der Waals surface area contributed by atoms with E-state index >= 15 is 0 Å². The third-order valence-electron chi connectivity index (χ3n) is 3.44. The molecule has 0 N–H and O–H groups in total. The number of rotatable bonds is 5. The zero-order valence-electron chi connectivity index (χ0n) is 13.7. The zero-order chi connectivity index (χ0) is 17.6. The Balaban J connectivity index is 1.41. The maximum Gasteiger partial charge on any atom is 0.126 e. The Bertz CT molecular complexity index is 946. The molecule has 0 radical (unpaired) electrons. The second-order valence-electron chi connectivity index (χ2n) is 5.28. The van der Waals surface area contributed by atoms with Gasteiger partial charge < -0.3 is 0 Å². The average molecular weight is 342 g/mol. The summed E-state index contributed by atoms with van der Waals surface area (Å²) in [5.41, 5.74) is 2.99. The van der Waals surface area contributed by atoms with Gasteiger partial charge in [0.1, 0.15) is 11.4 Å². The third kappa shape index (κ3) is 3.59. The number of hydrogen-bond donors (Lipinski definition) is 0. The normalized spacial score (nSPS) is 11.5. The monoisotopic (exact) mass is 342 g/mol. The van der Waals surface area contributed by atoms with Crippen molar-refractivity contribution in [3.05, 3.63) is 84.4 Å². The van der Waals surface area contributed by atoms with Crippen LogP contribution >= 0.6 is 0 Å². The van der Waals surface area contributed by atoms with E-state index < -0.39 is 0 Å². The van der Waals surface area contributed by atoms with E-state index in [1.54, 1.807) is 12.4 Å². The van der Waals surface area contributed by atoms with E-state index in [9.17, 15) is 0 Å². The van der Waals surface area contributed by atoms with Gasteiger partial charge in [-0.3, -0.25) is 0 Å². The molecule has 8 heteroatoms. The van der Waals surface area contributed by atoms with Crippen molar-refractivity contribution in [1.29, 1.82) is 0 Å². The van der Waals surface area contributed by atoms with E-state index in [-0.39, 0.29) is 0 Å². The van der Waals surface area contributed by atoms with E-state index in [1.807, 2.05) is 60.7 Å². The Morgan fingerprint density at radius 3 is 1.46 bits per heavy atom. The molecule has 0 spiro atoms. The first-order chi connectivity index (χ1) is 12.9. The molecule has 8 nitrogen and oxygen atoms in total. The molecule has 0 aliphatic heterocycles. The second kappa shape index (κ2) is 7.31. The summed E-state index contributed by atoms with van der Waals surface area (Å²) >= 11 is 0.